The summed E-state index contributed by atoms with van der Waals surface area (Å²) in [7, 11) is 0. The Hall–Kier alpha value is -2.08. The molecule has 0 aromatic heterocycles. The second-order valence-corrected chi connectivity index (χ2v) is 9.48. The van der Waals surface area contributed by atoms with Gasteiger partial charge < -0.3 is 15.0 Å². The highest BCUT2D eigenvalue weighted by atomic mass is 19.3. The van der Waals surface area contributed by atoms with Crippen molar-refractivity contribution in [1.29, 1.82) is 0 Å². The Labute approximate surface area is 188 Å². The molecule has 2 fully saturated rings. The summed E-state index contributed by atoms with van der Waals surface area (Å²) in [5, 5.41) is 11.3. The van der Waals surface area contributed by atoms with Crippen LogP contribution in [0.3, 0.4) is 0 Å². The number of rotatable bonds is 13. The highest BCUT2D eigenvalue weighted by molar-refractivity contribution is 5.89. The number of halogens is 2. The zero-order valence-electron chi connectivity index (χ0n) is 19.0. The number of alkyl halides is 2. The minimum absolute atomic E-state index is 0.0926. The van der Waals surface area contributed by atoms with Crippen molar-refractivity contribution in [3.63, 3.8) is 0 Å². The van der Waals surface area contributed by atoms with Gasteiger partial charge in [-0.15, -0.1) is 12.3 Å². The molecule has 1 saturated heterocycles. The van der Waals surface area contributed by atoms with Crippen LogP contribution < -0.4 is 5.32 Å². The lowest BCUT2D eigenvalue weighted by Crippen LogP contribution is -2.56. The van der Waals surface area contributed by atoms with Crippen LogP contribution in [0.2, 0.25) is 0 Å². The Kier molecular flexibility index (Phi) is 7.53. The van der Waals surface area contributed by atoms with E-state index in [1.165, 1.54) is 4.90 Å². The van der Waals surface area contributed by atoms with E-state index in [2.05, 4.69) is 21.5 Å². The van der Waals surface area contributed by atoms with Gasteiger partial charge in [-0.3, -0.25) is 9.59 Å². The summed E-state index contributed by atoms with van der Waals surface area (Å²) < 4.78 is 32.4. The standard InChI is InChI=1S/C23H34F2N4O3/c1-4-6-9-23(27-28-23)13-14-29(18(30)7-10-21(3,24)25)19(22(5-2)11-12-22)20(31)26-17-8-15-32-16-17/h1,17,19H,5-16H2,2-3H3,(H,26,31). The van der Waals surface area contributed by atoms with E-state index < -0.39 is 30.0 Å². The monoisotopic (exact) mass is 452 g/mol. The molecule has 2 heterocycles. The lowest BCUT2D eigenvalue weighted by atomic mass is 9.89. The Morgan fingerprint density at radius 2 is 2.06 bits per heavy atom. The van der Waals surface area contributed by atoms with Gasteiger partial charge in [-0.2, -0.15) is 10.2 Å². The molecule has 32 heavy (non-hydrogen) atoms. The highest BCUT2D eigenvalue weighted by Crippen LogP contribution is 2.54. The van der Waals surface area contributed by atoms with Gasteiger partial charge in [0.1, 0.15) is 6.04 Å². The zero-order valence-corrected chi connectivity index (χ0v) is 19.0. The minimum atomic E-state index is -2.95. The van der Waals surface area contributed by atoms with Crippen LogP contribution in [-0.2, 0) is 14.3 Å². The molecule has 178 valence electrons. The van der Waals surface area contributed by atoms with Crippen LogP contribution in [0.1, 0.15) is 71.6 Å². The van der Waals surface area contributed by atoms with E-state index in [9.17, 15) is 18.4 Å². The average molecular weight is 453 g/mol. The van der Waals surface area contributed by atoms with Crippen LogP contribution in [0.25, 0.3) is 0 Å². The normalized spacial score (nSPS) is 23.3. The van der Waals surface area contributed by atoms with Crippen molar-refractivity contribution in [3.05, 3.63) is 0 Å². The molecule has 0 aromatic rings. The largest absolute Gasteiger partial charge is 0.379 e. The molecule has 1 N–H and O–H groups in total. The van der Waals surface area contributed by atoms with Crippen molar-refractivity contribution in [1.82, 2.24) is 10.2 Å². The van der Waals surface area contributed by atoms with E-state index in [1.807, 2.05) is 6.92 Å². The number of ether oxygens (including phenoxy) is 1. The Morgan fingerprint density at radius 1 is 1.34 bits per heavy atom. The third-order valence-corrected chi connectivity index (χ3v) is 6.92. The smallest absolute Gasteiger partial charge is 0.245 e. The van der Waals surface area contributed by atoms with Crippen LogP contribution in [0.15, 0.2) is 10.2 Å². The van der Waals surface area contributed by atoms with E-state index in [4.69, 9.17) is 11.2 Å². The third kappa shape index (κ3) is 6.25. The molecule has 3 rings (SSSR count). The van der Waals surface area contributed by atoms with Crippen LogP contribution in [0.5, 0.6) is 0 Å². The van der Waals surface area contributed by atoms with Crippen molar-refractivity contribution >= 4 is 11.8 Å². The maximum Gasteiger partial charge on any atom is 0.245 e. The average Bonchev–Trinajstić information content (AvgIpc) is 3.65. The first-order valence-corrected chi connectivity index (χ1v) is 11.6. The Morgan fingerprint density at radius 3 is 2.56 bits per heavy atom. The highest BCUT2D eigenvalue weighted by Gasteiger charge is 2.55. The van der Waals surface area contributed by atoms with Gasteiger partial charge >= 0.3 is 0 Å². The van der Waals surface area contributed by atoms with Gasteiger partial charge in [0, 0.05) is 45.3 Å². The molecule has 0 radical (unpaired) electrons. The molecule has 3 aliphatic rings. The van der Waals surface area contributed by atoms with E-state index in [0.717, 1.165) is 32.6 Å². The van der Waals surface area contributed by atoms with Crippen molar-refractivity contribution in [3.8, 4) is 12.3 Å². The van der Waals surface area contributed by atoms with Gasteiger partial charge in [-0.05, 0) is 38.0 Å². The van der Waals surface area contributed by atoms with Crippen molar-refractivity contribution < 1.29 is 23.1 Å². The molecule has 2 aliphatic heterocycles. The number of terminal acetylenes is 1. The SMILES string of the molecule is C#CCCC1(CCN(C(=O)CCC(C)(F)F)C(C(=O)NC2CCOC2)C2(CC)CC2)N=N1. The molecule has 2 amide bonds. The first kappa shape index (κ1) is 24.6. The molecule has 0 aromatic carbocycles. The van der Waals surface area contributed by atoms with Crippen molar-refractivity contribution in [2.45, 2.75) is 95.3 Å². The molecular weight excluding hydrogens is 418 g/mol. The van der Waals surface area contributed by atoms with Crippen LogP contribution in [0, 0.1) is 17.8 Å². The maximum atomic E-state index is 13.5. The van der Waals surface area contributed by atoms with Gasteiger partial charge in [0.2, 0.25) is 17.7 Å². The number of nitrogens with zero attached hydrogens (tertiary/aromatic N) is 3. The fourth-order valence-corrected chi connectivity index (χ4v) is 4.49. The maximum absolute atomic E-state index is 13.5. The molecule has 7 nitrogen and oxygen atoms in total. The Balaban J connectivity index is 1.78. The molecule has 2 atom stereocenters. The molecule has 1 aliphatic carbocycles. The molecular formula is C23H34F2N4O3. The topological polar surface area (TPSA) is 83.4 Å². The van der Waals surface area contributed by atoms with Crippen molar-refractivity contribution in [2.24, 2.45) is 15.6 Å². The van der Waals surface area contributed by atoms with Gasteiger partial charge in [0.25, 0.3) is 0 Å². The number of hydrogen-bond donors (Lipinski definition) is 1. The van der Waals surface area contributed by atoms with Gasteiger partial charge in [0.15, 0.2) is 5.66 Å². The van der Waals surface area contributed by atoms with Gasteiger partial charge in [-0.1, -0.05) is 6.92 Å². The summed E-state index contributed by atoms with van der Waals surface area (Å²) in [5.41, 5.74) is -0.944. The summed E-state index contributed by atoms with van der Waals surface area (Å²) in [4.78, 5) is 28.2. The summed E-state index contributed by atoms with van der Waals surface area (Å²) in [6, 6.07) is -0.792. The number of nitrogens with one attached hydrogen (secondary N) is 1. The van der Waals surface area contributed by atoms with E-state index in [1.54, 1.807) is 0 Å². The van der Waals surface area contributed by atoms with E-state index >= 15 is 0 Å². The summed E-state index contributed by atoms with van der Waals surface area (Å²) in [5.74, 6) is -1.02. The zero-order chi connectivity index (χ0) is 23.4. The summed E-state index contributed by atoms with van der Waals surface area (Å²) in [6.07, 6.45) is 9.12. The van der Waals surface area contributed by atoms with Crippen molar-refractivity contribution in [2.75, 3.05) is 19.8 Å². The first-order valence-electron chi connectivity index (χ1n) is 11.6. The molecule has 1 saturated carbocycles. The van der Waals surface area contributed by atoms with E-state index in [-0.39, 0.29) is 30.3 Å². The van der Waals surface area contributed by atoms with Crippen LogP contribution in [0.4, 0.5) is 8.78 Å². The molecule has 0 bridgehead atoms. The lowest BCUT2D eigenvalue weighted by Gasteiger charge is -2.37. The Bertz CT molecular complexity index is 758. The fourth-order valence-electron chi connectivity index (χ4n) is 4.49. The van der Waals surface area contributed by atoms with E-state index in [0.29, 0.717) is 32.5 Å². The molecule has 2 unspecified atom stereocenters. The minimum Gasteiger partial charge on any atom is -0.379 e. The predicted molar refractivity (Wildman–Crippen MR) is 115 cm³/mol. The molecule has 0 spiro atoms. The molecule has 9 heteroatoms. The number of hydrogen-bond acceptors (Lipinski definition) is 5. The second-order valence-electron chi connectivity index (χ2n) is 9.48. The quantitative estimate of drug-likeness (QED) is 0.433. The predicted octanol–water partition coefficient (Wildman–Crippen LogP) is 3.68. The fraction of sp³-hybridized carbons (Fsp3) is 0.826. The number of carbonyl (C=O) groups is 2. The van der Waals surface area contributed by atoms with Crippen LogP contribution >= 0.6 is 0 Å². The lowest BCUT2D eigenvalue weighted by molar-refractivity contribution is -0.145. The summed E-state index contributed by atoms with van der Waals surface area (Å²) >= 11 is 0. The van der Waals surface area contributed by atoms with Crippen LogP contribution in [-0.4, -0.2) is 60.1 Å². The number of amides is 2. The first-order chi connectivity index (χ1) is 15.1. The van der Waals surface area contributed by atoms with Gasteiger partial charge in [0.05, 0.1) is 12.6 Å². The summed E-state index contributed by atoms with van der Waals surface area (Å²) in [6.45, 7) is 4.07. The number of carbonyl (C=O) groups excluding carboxylic acids is 2. The third-order valence-electron chi connectivity index (χ3n) is 6.92. The second kappa shape index (κ2) is 9.82. The van der Waals surface area contributed by atoms with Gasteiger partial charge in [-0.25, -0.2) is 8.78 Å².